The molecule has 4 rings (SSSR count). The van der Waals surface area contributed by atoms with E-state index in [-0.39, 0.29) is 11.5 Å². The van der Waals surface area contributed by atoms with E-state index in [1.165, 1.54) is 16.8 Å². The summed E-state index contributed by atoms with van der Waals surface area (Å²) >= 11 is 0. The van der Waals surface area contributed by atoms with Gasteiger partial charge in [0.1, 0.15) is 17.1 Å². The third-order valence-corrected chi connectivity index (χ3v) is 4.20. The Morgan fingerprint density at radius 3 is 2.71 bits per heavy atom. The van der Waals surface area contributed by atoms with E-state index in [0.717, 1.165) is 11.3 Å². The second-order valence-electron chi connectivity index (χ2n) is 6.33. The Labute approximate surface area is 160 Å². The first-order valence-corrected chi connectivity index (χ1v) is 8.78. The van der Waals surface area contributed by atoms with Gasteiger partial charge in [-0.25, -0.2) is 9.50 Å². The maximum absolute atomic E-state index is 12.6. The Balaban J connectivity index is 1.48. The fourth-order valence-electron chi connectivity index (χ4n) is 2.88. The number of H-pyrrole nitrogens is 1. The quantitative estimate of drug-likeness (QED) is 0.562. The van der Waals surface area contributed by atoms with E-state index in [2.05, 4.69) is 15.4 Å². The number of fused-ring (bicyclic) bond motifs is 1. The topological polar surface area (TPSA) is 88.5 Å². The van der Waals surface area contributed by atoms with Crippen LogP contribution in [-0.4, -0.2) is 20.5 Å². The van der Waals surface area contributed by atoms with Crippen molar-refractivity contribution >= 4 is 11.6 Å². The Morgan fingerprint density at radius 1 is 1.11 bits per heavy atom. The molecule has 7 nitrogen and oxygen atoms in total. The smallest absolute Gasteiger partial charge is 0.272 e. The highest BCUT2D eigenvalue weighted by molar-refractivity contribution is 5.99. The number of para-hydroxylation sites is 1. The molecule has 0 spiro atoms. The van der Waals surface area contributed by atoms with E-state index in [0.29, 0.717) is 29.2 Å². The molecular formula is C21H18N4O3. The molecule has 0 unspecified atom stereocenters. The first-order valence-electron chi connectivity index (χ1n) is 8.78. The molecule has 2 aromatic carbocycles. The Bertz CT molecular complexity index is 1200. The van der Waals surface area contributed by atoms with Crippen molar-refractivity contribution in [1.82, 2.24) is 19.9 Å². The number of aromatic amines is 1. The first-order chi connectivity index (χ1) is 13.6. The van der Waals surface area contributed by atoms with Crippen LogP contribution >= 0.6 is 0 Å². The third-order valence-electron chi connectivity index (χ3n) is 4.20. The van der Waals surface area contributed by atoms with Crippen LogP contribution < -0.4 is 15.6 Å². The minimum absolute atomic E-state index is 0.257. The Morgan fingerprint density at radius 2 is 1.89 bits per heavy atom. The third kappa shape index (κ3) is 3.64. The van der Waals surface area contributed by atoms with Crippen molar-refractivity contribution in [2.75, 3.05) is 0 Å². The molecule has 0 fully saturated rings. The van der Waals surface area contributed by atoms with E-state index in [9.17, 15) is 9.59 Å². The van der Waals surface area contributed by atoms with E-state index >= 15 is 0 Å². The average molecular weight is 374 g/mol. The molecule has 0 bridgehead atoms. The normalized spacial score (nSPS) is 10.8. The van der Waals surface area contributed by atoms with Crippen molar-refractivity contribution in [2.45, 2.75) is 13.5 Å². The highest BCUT2D eigenvalue weighted by atomic mass is 16.5. The molecule has 0 saturated heterocycles. The molecule has 2 N–H and O–H groups in total. The lowest BCUT2D eigenvalue weighted by atomic mass is 10.2. The van der Waals surface area contributed by atoms with Crippen LogP contribution in [0.25, 0.3) is 5.65 Å². The predicted molar refractivity (Wildman–Crippen MR) is 105 cm³/mol. The molecular weight excluding hydrogens is 356 g/mol. The van der Waals surface area contributed by atoms with Crippen LogP contribution in [0.4, 0.5) is 0 Å². The SMILES string of the molecule is Cc1cc(=O)n2[nH]cc(C(=O)NCc3cccc(Oc4ccccc4)c3)c2n1. The fraction of sp³-hybridized carbons (Fsp3) is 0.0952. The van der Waals surface area contributed by atoms with Gasteiger partial charge in [0.15, 0.2) is 5.65 Å². The van der Waals surface area contributed by atoms with Crippen molar-refractivity contribution < 1.29 is 9.53 Å². The van der Waals surface area contributed by atoms with Crippen LogP contribution in [0.2, 0.25) is 0 Å². The highest BCUT2D eigenvalue weighted by Crippen LogP contribution is 2.21. The van der Waals surface area contributed by atoms with Gasteiger partial charge in [0.25, 0.3) is 11.5 Å². The highest BCUT2D eigenvalue weighted by Gasteiger charge is 2.14. The van der Waals surface area contributed by atoms with Crippen molar-refractivity contribution in [3.8, 4) is 11.5 Å². The molecule has 0 atom stereocenters. The monoisotopic (exact) mass is 374 g/mol. The number of carbonyl (C=O) groups is 1. The van der Waals surface area contributed by atoms with Gasteiger partial charge in [0.05, 0.1) is 0 Å². The summed E-state index contributed by atoms with van der Waals surface area (Å²) in [7, 11) is 0. The summed E-state index contributed by atoms with van der Waals surface area (Å²) in [4.78, 5) is 28.8. The lowest BCUT2D eigenvalue weighted by Gasteiger charge is -2.08. The van der Waals surface area contributed by atoms with Crippen LogP contribution in [0.1, 0.15) is 21.6 Å². The summed E-state index contributed by atoms with van der Waals surface area (Å²) in [6, 6.07) is 18.4. The number of ether oxygens (including phenoxy) is 1. The fourth-order valence-corrected chi connectivity index (χ4v) is 2.88. The molecule has 4 aromatic rings. The summed E-state index contributed by atoms with van der Waals surface area (Å²) in [5, 5.41) is 5.61. The maximum Gasteiger partial charge on any atom is 0.272 e. The number of aryl methyl sites for hydroxylation is 1. The average Bonchev–Trinajstić information content (AvgIpc) is 3.11. The molecule has 2 heterocycles. The van der Waals surface area contributed by atoms with E-state index in [4.69, 9.17) is 4.74 Å². The summed E-state index contributed by atoms with van der Waals surface area (Å²) in [5.41, 5.74) is 1.82. The maximum atomic E-state index is 12.6. The molecule has 2 aromatic heterocycles. The standard InChI is InChI=1S/C21H18N4O3/c1-14-10-19(26)25-20(24-14)18(13-23-25)21(27)22-12-15-6-5-9-17(11-15)28-16-7-3-2-4-8-16/h2-11,13,23H,12H2,1H3,(H,22,27). The molecule has 0 saturated carbocycles. The van der Waals surface area contributed by atoms with Gasteiger partial charge < -0.3 is 10.1 Å². The number of amides is 1. The predicted octanol–water partition coefficient (Wildman–Crippen LogP) is 3.05. The van der Waals surface area contributed by atoms with E-state index < -0.39 is 0 Å². The Kier molecular flexibility index (Phi) is 4.63. The number of aromatic nitrogens is 3. The van der Waals surface area contributed by atoms with Crippen LogP contribution in [-0.2, 0) is 6.54 Å². The molecule has 7 heteroatoms. The van der Waals surface area contributed by atoms with Crippen molar-refractivity contribution in [3.05, 3.63) is 94.0 Å². The largest absolute Gasteiger partial charge is 0.457 e. The number of hydrogen-bond acceptors (Lipinski definition) is 4. The second-order valence-corrected chi connectivity index (χ2v) is 6.33. The summed E-state index contributed by atoms with van der Waals surface area (Å²) in [6.45, 7) is 2.03. The van der Waals surface area contributed by atoms with Crippen molar-refractivity contribution in [3.63, 3.8) is 0 Å². The molecule has 0 radical (unpaired) electrons. The number of rotatable bonds is 5. The number of nitrogens with one attached hydrogen (secondary N) is 2. The lowest BCUT2D eigenvalue weighted by molar-refractivity contribution is 0.0952. The molecule has 1 amide bonds. The zero-order valence-corrected chi connectivity index (χ0v) is 15.2. The number of benzene rings is 2. The van der Waals surface area contributed by atoms with Crippen molar-refractivity contribution in [1.29, 1.82) is 0 Å². The van der Waals surface area contributed by atoms with Gasteiger partial charge >= 0.3 is 0 Å². The van der Waals surface area contributed by atoms with Crippen LogP contribution in [0.3, 0.4) is 0 Å². The van der Waals surface area contributed by atoms with Gasteiger partial charge in [0.2, 0.25) is 0 Å². The zero-order chi connectivity index (χ0) is 19.5. The lowest BCUT2D eigenvalue weighted by Crippen LogP contribution is -2.23. The summed E-state index contributed by atoms with van der Waals surface area (Å²) < 4.78 is 7.06. The zero-order valence-electron chi connectivity index (χ0n) is 15.2. The molecule has 0 aliphatic heterocycles. The van der Waals surface area contributed by atoms with Crippen molar-refractivity contribution in [2.24, 2.45) is 0 Å². The van der Waals surface area contributed by atoms with Crippen LogP contribution in [0.15, 0.2) is 71.7 Å². The minimum Gasteiger partial charge on any atom is -0.457 e. The summed E-state index contributed by atoms with van der Waals surface area (Å²) in [5.74, 6) is 1.12. The van der Waals surface area contributed by atoms with Gasteiger partial charge in [-0.2, -0.15) is 0 Å². The van der Waals surface area contributed by atoms with Gasteiger partial charge in [-0.15, -0.1) is 0 Å². The molecule has 0 aliphatic carbocycles. The van der Waals surface area contributed by atoms with Gasteiger partial charge in [0, 0.05) is 24.5 Å². The molecule has 0 aliphatic rings. The van der Waals surface area contributed by atoms with Gasteiger partial charge in [-0.3, -0.25) is 14.7 Å². The van der Waals surface area contributed by atoms with Crippen LogP contribution in [0, 0.1) is 6.92 Å². The van der Waals surface area contributed by atoms with Gasteiger partial charge in [-0.1, -0.05) is 30.3 Å². The molecule has 28 heavy (non-hydrogen) atoms. The second kappa shape index (κ2) is 7.40. The number of hydrogen-bond donors (Lipinski definition) is 2. The van der Waals surface area contributed by atoms with E-state index in [1.54, 1.807) is 6.92 Å². The molecule has 140 valence electrons. The number of nitrogens with zero attached hydrogens (tertiary/aromatic N) is 2. The Hall–Kier alpha value is -3.87. The van der Waals surface area contributed by atoms with Crippen LogP contribution in [0.5, 0.6) is 11.5 Å². The summed E-state index contributed by atoms with van der Waals surface area (Å²) in [6.07, 6.45) is 1.48. The number of carbonyl (C=O) groups excluding carboxylic acids is 1. The van der Waals surface area contributed by atoms with Gasteiger partial charge in [-0.05, 0) is 36.8 Å². The minimum atomic E-state index is -0.314. The van der Waals surface area contributed by atoms with E-state index in [1.807, 2.05) is 54.6 Å². The first kappa shape index (κ1) is 17.5.